The molecule has 166 valence electrons. The molecule has 2 aromatic heterocycles. The number of Topliss-reactive ketones (excluding diaryl/α,β-unsaturated/α-hetero) is 1. The monoisotopic (exact) mass is 444 g/mol. The molecule has 4 rings (SSSR count). The van der Waals surface area contributed by atoms with Crippen molar-refractivity contribution in [3.05, 3.63) is 90.4 Å². The molecule has 2 heterocycles. The van der Waals surface area contributed by atoms with Gasteiger partial charge < -0.3 is 18.6 Å². The molecule has 0 fully saturated rings. The fraction of sp³-hybridized carbons (Fsp3) is 0.120. The second kappa shape index (κ2) is 10.2. The number of rotatable bonds is 8. The van der Waals surface area contributed by atoms with E-state index < -0.39 is 6.16 Å². The third-order valence-electron chi connectivity index (χ3n) is 4.62. The van der Waals surface area contributed by atoms with E-state index in [1.165, 1.54) is 19.4 Å². The third-order valence-corrected chi connectivity index (χ3v) is 4.62. The van der Waals surface area contributed by atoms with E-state index in [9.17, 15) is 9.59 Å². The molecule has 0 aliphatic heterocycles. The summed E-state index contributed by atoms with van der Waals surface area (Å²) in [5.74, 6) is 1.58. The predicted molar refractivity (Wildman–Crippen MR) is 118 cm³/mol. The number of carbonyl (C=O) groups is 2. The maximum atomic E-state index is 12.5. The van der Waals surface area contributed by atoms with Gasteiger partial charge in [-0.2, -0.15) is 0 Å². The SMILES string of the molecule is COC(=O)Oc1cccc(-c2cnc(C(=O)CCc3ccc(Oc4ccccc4)cc3)o2)n1. The molecule has 0 atom stereocenters. The molecule has 0 saturated carbocycles. The largest absolute Gasteiger partial charge is 0.514 e. The molecule has 0 saturated heterocycles. The number of benzene rings is 2. The normalized spacial score (nSPS) is 10.5. The Morgan fingerprint density at radius 2 is 1.67 bits per heavy atom. The summed E-state index contributed by atoms with van der Waals surface area (Å²) in [6.45, 7) is 0. The number of ketones is 1. The van der Waals surface area contributed by atoms with Gasteiger partial charge in [-0.3, -0.25) is 4.79 Å². The molecule has 0 bridgehead atoms. The average molecular weight is 444 g/mol. The van der Waals surface area contributed by atoms with Gasteiger partial charge in [0.15, 0.2) is 5.76 Å². The molecule has 2 aromatic carbocycles. The van der Waals surface area contributed by atoms with E-state index in [1.807, 2.05) is 54.6 Å². The van der Waals surface area contributed by atoms with Gasteiger partial charge in [-0.25, -0.2) is 14.8 Å². The smallest absolute Gasteiger partial charge is 0.457 e. The molecular weight excluding hydrogens is 424 g/mol. The number of methoxy groups -OCH3 is 1. The van der Waals surface area contributed by atoms with Crippen LogP contribution in [0, 0.1) is 0 Å². The maximum Gasteiger partial charge on any atom is 0.514 e. The first-order valence-corrected chi connectivity index (χ1v) is 10.1. The van der Waals surface area contributed by atoms with Gasteiger partial charge in [0, 0.05) is 12.5 Å². The zero-order chi connectivity index (χ0) is 23.0. The highest BCUT2D eigenvalue weighted by molar-refractivity contribution is 5.92. The van der Waals surface area contributed by atoms with E-state index >= 15 is 0 Å². The fourth-order valence-electron chi connectivity index (χ4n) is 2.97. The highest BCUT2D eigenvalue weighted by Gasteiger charge is 2.16. The van der Waals surface area contributed by atoms with Crippen LogP contribution in [0.25, 0.3) is 11.5 Å². The van der Waals surface area contributed by atoms with Crippen LogP contribution in [0.2, 0.25) is 0 Å². The Morgan fingerprint density at radius 3 is 2.42 bits per heavy atom. The highest BCUT2D eigenvalue weighted by Crippen LogP contribution is 2.23. The zero-order valence-electron chi connectivity index (χ0n) is 17.8. The second-order valence-electron chi connectivity index (χ2n) is 6.93. The molecule has 0 N–H and O–H groups in total. The van der Waals surface area contributed by atoms with E-state index in [0.717, 1.165) is 17.1 Å². The van der Waals surface area contributed by atoms with Gasteiger partial charge in [0.2, 0.25) is 11.7 Å². The lowest BCUT2D eigenvalue weighted by atomic mass is 10.1. The third kappa shape index (κ3) is 5.82. The van der Waals surface area contributed by atoms with Crippen LogP contribution in [-0.4, -0.2) is 29.0 Å². The van der Waals surface area contributed by atoms with Crippen LogP contribution in [0.4, 0.5) is 4.79 Å². The molecule has 0 unspecified atom stereocenters. The molecule has 0 radical (unpaired) electrons. The Labute approximate surface area is 189 Å². The van der Waals surface area contributed by atoms with Crippen molar-refractivity contribution in [2.24, 2.45) is 0 Å². The van der Waals surface area contributed by atoms with Crippen LogP contribution in [0.1, 0.15) is 22.7 Å². The molecule has 8 nitrogen and oxygen atoms in total. The van der Waals surface area contributed by atoms with Gasteiger partial charge in [0.25, 0.3) is 5.89 Å². The van der Waals surface area contributed by atoms with Crippen molar-refractivity contribution in [2.45, 2.75) is 12.8 Å². The number of aromatic nitrogens is 2. The van der Waals surface area contributed by atoms with E-state index in [4.69, 9.17) is 13.9 Å². The van der Waals surface area contributed by atoms with E-state index in [-0.39, 0.29) is 29.7 Å². The lowest BCUT2D eigenvalue weighted by molar-refractivity contribution is 0.0950. The van der Waals surface area contributed by atoms with Gasteiger partial charge in [-0.05, 0) is 42.3 Å². The molecule has 0 aliphatic rings. The van der Waals surface area contributed by atoms with Crippen LogP contribution in [-0.2, 0) is 11.2 Å². The van der Waals surface area contributed by atoms with Crippen molar-refractivity contribution in [1.29, 1.82) is 0 Å². The summed E-state index contributed by atoms with van der Waals surface area (Å²) in [6, 6.07) is 21.9. The standard InChI is InChI=1S/C25H20N2O6/c1-30-25(29)33-23-9-5-8-20(27-23)22-16-26-24(32-22)21(28)15-12-17-10-13-19(14-11-17)31-18-6-3-2-4-7-18/h2-11,13-14,16H,12,15H2,1H3. The number of aryl methyl sites for hydroxylation is 1. The van der Waals surface area contributed by atoms with E-state index in [1.54, 1.807) is 12.1 Å². The van der Waals surface area contributed by atoms with Crippen molar-refractivity contribution in [1.82, 2.24) is 9.97 Å². The molecule has 33 heavy (non-hydrogen) atoms. The number of hydrogen-bond donors (Lipinski definition) is 0. The van der Waals surface area contributed by atoms with Gasteiger partial charge in [-0.1, -0.05) is 36.4 Å². The Hall–Kier alpha value is -4.46. The number of oxazole rings is 1. The van der Waals surface area contributed by atoms with Crippen molar-refractivity contribution >= 4 is 11.9 Å². The van der Waals surface area contributed by atoms with Gasteiger partial charge >= 0.3 is 6.16 Å². The topological polar surface area (TPSA) is 101 Å². The minimum Gasteiger partial charge on any atom is -0.457 e. The van der Waals surface area contributed by atoms with Crippen molar-refractivity contribution in [3.63, 3.8) is 0 Å². The summed E-state index contributed by atoms with van der Waals surface area (Å²) in [5.41, 5.74) is 1.36. The first-order chi connectivity index (χ1) is 16.1. The lowest BCUT2D eigenvalue weighted by Crippen LogP contribution is -2.08. The van der Waals surface area contributed by atoms with Crippen LogP contribution < -0.4 is 9.47 Å². The van der Waals surface area contributed by atoms with Gasteiger partial charge in [-0.15, -0.1) is 0 Å². The summed E-state index contributed by atoms with van der Waals surface area (Å²) in [5, 5.41) is 0. The number of nitrogens with zero attached hydrogens (tertiary/aromatic N) is 2. The number of pyridine rings is 1. The minimum absolute atomic E-state index is 0.00452. The zero-order valence-corrected chi connectivity index (χ0v) is 17.8. The van der Waals surface area contributed by atoms with Crippen LogP contribution in [0.5, 0.6) is 17.4 Å². The van der Waals surface area contributed by atoms with Crippen molar-refractivity contribution < 1.29 is 28.2 Å². The predicted octanol–water partition coefficient (Wildman–Crippen LogP) is 5.49. The summed E-state index contributed by atoms with van der Waals surface area (Å²) in [6.07, 6.45) is 1.29. The van der Waals surface area contributed by atoms with Crippen molar-refractivity contribution in [3.8, 4) is 28.8 Å². The lowest BCUT2D eigenvalue weighted by Gasteiger charge is -2.06. The molecular formula is C25H20N2O6. The molecule has 0 spiro atoms. The van der Waals surface area contributed by atoms with E-state index in [0.29, 0.717) is 12.1 Å². The summed E-state index contributed by atoms with van der Waals surface area (Å²) >= 11 is 0. The molecule has 0 amide bonds. The van der Waals surface area contributed by atoms with Gasteiger partial charge in [0.1, 0.15) is 17.2 Å². The Balaban J connectivity index is 1.34. The molecule has 4 aromatic rings. The van der Waals surface area contributed by atoms with Crippen molar-refractivity contribution in [2.75, 3.05) is 7.11 Å². The number of hydrogen-bond acceptors (Lipinski definition) is 8. The maximum absolute atomic E-state index is 12.5. The number of carbonyl (C=O) groups excluding carboxylic acids is 2. The summed E-state index contributed by atoms with van der Waals surface area (Å²) in [7, 11) is 1.20. The first-order valence-electron chi connectivity index (χ1n) is 10.1. The van der Waals surface area contributed by atoms with E-state index in [2.05, 4.69) is 14.7 Å². The molecule has 8 heteroatoms. The highest BCUT2D eigenvalue weighted by atomic mass is 16.7. The first kappa shape index (κ1) is 21.8. The Bertz CT molecular complexity index is 1240. The fourth-order valence-corrected chi connectivity index (χ4v) is 2.97. The van der Waals surface area contributed by atoms with Crippen LogP contribution >= 0.6 is 0 Å². The number of para-hydroxylation sites is 1. The summed E-state index contributed by atoms with van der Waals surface area (Å²) in [4.78, 5) is 32.0. The van der Waals surface area contributed by atoms with Crippen LogP contribution in [0.15, 0.2) is 83.4 Å². The van der Waals surface area contributed by atoms with Crippen LogP contribution in [0.3, 0.4) is 0 Å². The molecule has 0 aliphatic carbocycles. The average Bonchev–Trinajstić information content (AvgIpc) is 3.35. The quantitative estimate of drug-likeness (QED) is 0.260. The Kier molecular flexibility index (Phi) is 6.75. The minimum atomic E-state index is -0.882. The second-order valence-corrected chi connectivity index (χ2v) is 6.93. The van der Waals surface area contributed by atoms with Gasteiger partial charge in [0.05, 0.1) is 13.3 Å². The summed E-state index contributed by atoms with van der Waals surface area (Å²) < 4.78 is 20.7. The number of ether oxygens (including phenoxy) is 3. The Morgan fingerprint density at radius 1 is 0.909 bits per heavy atom.